The van der Waals surface area contributed by atoms with E-state index < -0.39 is 42.0 Å². The van der Waals surface area contributed by atoms with Crippen molar-refractivity contribution < 1.29 is 49.6 Å². The highest BCUT2D eigenvalue weighted by Gasteiger charge is 2.24. The summed E-state index contributed by atoms with van der Waals surface area (Å²) in [5.41, 5.74) is 1.36. The number of hydrogen-bond donors (Lipinski definition) is 6. The van der Waals surface area contributed by atoms with Crippen molar-refractivity contribution in [1.82, 2.24) is 24.9 Å². The van der Waals surface area contributed by atoms with Gasteiger partial charge in [-0.25, -0.2) is 10.3 Å². The van der Waals surface area contributed by atoms with Gasteiger partial charge in [0, 0.05) is 51.4 Å². The first kappa shape index (κ1) is 26.4. The first-order valence-corrected chi connectivity index (χ1v) is 10.2. The van der Waals surface area contributed by atoms with Gasteiger partial charge in [-0.05, 0) is 6.08 Å². The summed E-state index contributed by atoms with van der Waals surface area (Å²) in [6, 6.07) is 2.19. The Hall–Kier alpha value is -3.82. The van der Waals surface area contributed by atoms with E-state index in [1.165, 1.54) is 10.4 Å². The van der Waals surface area contributed by atoms with Gasteiger partial charge < -0.3 is 30.2 Å². The van der Waals surface area contributed by atoms with Gasteiger partial charge in [-0.2, -0.15) is 0 Å². The zero-order valence-corrected chi connectivity index (χ0v) is 18.2. The molecule has 2 rings (SSSR count). The lowest BCUT2D eigenvalue weighted by molar-refractivity contribution is -0.144. The molecule has 2 heterocycles. The lowest BCUT2D eigenvalue weighted by Gasteiger charge is -2.28. The van der Waals surface area contributed by atoms with Crippen LogP contribution in [0.15, 0.2) is 23.9 Å². The molecule has 1 amide bonds. The van der Waals surface area contributed by atoms with E-state index in [0.29, 0.717) is 4.73 Å². The van der Waals surface area contributed by atoms with Gasteiger partial charge in [0.15, 0.2) is 0 Å². The summed E-state index contributed by atoms with van der Waals surface area (Å²) in [6.45, 7) is 0.678. The smallest absolute Gasteiger partial charge is 0.337 e. The lowest BCUT2D eigenvalue weighted by Crippen LogP contribution is -2.41. The number of carboxylic acids is 2. The van der Waals surface area contributed by atoms with E-state index in [0.717, 1.165) is 18.2 Å². The van der Waals surface area contributed by atoms with Gasteiger partial charge in [-0.15, -0.1) is 4.73 Å². The number of carbonyl (C=O) groups is 4. The Balaban J connectivity index is 2.21. The maximum absolute atomic E-state index is 12.3. The molecule has 188 valence electrons. The van der Waals surface area contributed by atoms with Crippen LogP contribution in [-0.2, 0) is 19.2 Å². The van der Waals surface area contributed by atoms with Gasteiger partial charge in [0.05, 0.1) is 19.5 Å². The summed E-state index contributed by atoms with van der Waals surface area (Å²) < 4.78 is 0.482. The van der Waals surface area contributed by atoms with Crippen molar-refractivity contribution in [1.29, 1.82) is 0 Å². The van der Waals surface area contributed by atoms with Crippen LogP contribution >= 0.6 is 0 Å². The van der Waals surface area contributed by atoms with E-state index in [1.807, 2.05) is 0 Å². The largest absolute Gasteiger partial charge is 0.492 e. The third-order valence-electron chi connectivity index (χ3n) is 4.95. The van der Waals surface area contributed by atoms with E-state index in [4.69, 9.17) is 15.1 Å². The number of aliphatic carboxylic acids is 2. The van der Waals surface area contributed by atoms with E-state index in [1.54, 1.807) is 9.80 Å². The second kappa shape index (κ2) is 12.4. The Labute approximate surface area is 193 Å². The Morgan fingerprint density at radius 1 is 0.882 bits per heavy atom. The van der Waals surface area contributed by atoms with Gasteiger partial charge >= 0.3 is 17.9 Å². The van der Waals surface area contributed by atoms with Crippen LogP contribution in [0.3, 0.4) is 0 Å². The molecule has 15 heteroatoms. The van der Waals surface area contributed by atoms with Crippen molar-refractivity contribution in [3.63, 3.8) is 0 Å². The van der Waals surface area contributed by atoms with Crippen LogP contribution in [0, 0.1) is 0 Å². The normalized spacial score (nSPS) is 16.3. The number of amides is 1. The van der Waals surface area contributed by atoms with E-state index >= 15 is 0 Å². The summed E-state index contributed by atoms with van der Waals surface area (Å²) in [5.74, 6) is -5.10. The molecular formula is C19H27N5O10. The van der Waals surface area contributed by atoms with Crippen LogP contribution in [0.25, 0.3) is 0 Å². The number of rotatable bonds is 9. The fourth-order valence-electron chi connectivity index (χ4n) is 3.32. The van der Waals surface area contributed by atoms with Crippen molar-refractivity contribution in [2.45, 2.75) is 6.42 Å². The Kier molecular flexibility index (Phi) is 9.66. The maximum atomic E-state index is 12.3. The molecule has 0 radical (unpaired) electrons. The van der Waals surface area contributed by atoms with Gasteiger partial charge in [-0.3, -0.25) is 29.4 Å². The predicted octanol–water partition coefficient (Wildman–Crippen LogP) is -2.28. The molecule has 1 fully saturated rings. The molecule has 0 saturated carbocycles. The molecule has 15 nitrogen and oxygen atoms in total. The number of hydroxylamine groups is 1. The monoisotopic (exact) mass is 485 g/mol. The van der Waals surface area contributed by atoms with Crippen molar-refractivity contribution >= 4 is 23.8 Å². The van der Waals surface area contributed by atoms with Gasteiger partial charge in [-0.1, -0.05) is 0 Å². The third kappa shape index (κ3) is 7.95. The van der Waals surface area contributed by atoms with Gasteiger partial charge in [0.1, 0.15) is 5.70 Å². The highest BCUT2D eigenvalue weighted by Crippen LogP contribution is 2.19. The van der Waals surface area contributed by atoms with Crippen molar-refractivity contribution in [2.24, 2.45) is 0 Å². The van der Waals surface area contributed by atoms with Gasteiger partial charge in [0.25, 0.3) is 5.91 Å². The SMILES string of the molecule is O=C(O)CN1CCN(CC(=O)O)CCN(/C(=C/CC(=O)On2c(O)ccc2O)C(=O)NO)CC1. The average molecular weight is 485 g/mol. The highest BCUT2D eigenvalue weighted by molar-refractivity contribution is 5.92. The number of carboxylic acid groups (broad SMARTS) is 2. The molecule has 0 unspecified atom stereocenters. The van der Waals surface area contributed by atoms with E-state index in [-0.39, 0.29) is 58.1 Å². The minimum absolute atomic E-state index is 0.132. The average Bonchev–Trinajstić information content (AvgIpc) is 3.12. The second-order valence-electron chi connectivity index (χ2n) is 7.37. The van der Waals surface area contributed by atoms with Crippen LogP contribution in [-0.4, -0.2) is 121 Å². The summed E-state index contributed by atoms with van der Waals surface area (Å²) >= 11 is 0. The van der Waals surface area contributed by atoms with Crippen molar-refractivity contribution in [3.8, 4) is 11.8 Å². The fourth-order valence-corrected chi connectivity index (χ4v) is 3.32. The minimum Gasteiger partial charge on any atom is -0.492 e. The number of carbonyl (C=O) groups excluding carboxylic acids is 2. The first-order valence-electron chi connectivity index (χ1n) is 10.2. The van der Waals surface area contributed by atoms with Crippen LogP contribution in [0.4, 0.5) is 0 Å². The van der Waals surface area contributed by atoms with Gasteiger partial charge in [0.2, 0.25) is 11.8 Å². The molecule has 1 saturated heterocycles. The predicted molar refractivity (Wildman–Crippen MR) is 112 cm³/mol. The Morgan fingerprint density at radius 3 is 1.79 bits per heavy atom. The maximum Gasteiger partial charge on any atom is 0.337 e. The number of aromatic hydroxyl groups is 2. The minimum atomic E-state index is -1.07. The third-order valence-corrected chi connectivity index (χ3v) is 4.95. The van der Waals surface area contributed by atoms with Crippen LogP contribution in [0.2, 0.25) is 0 Å². The highest BCUT2D eigenvalue weighted by atomic mass is 16.7. The molecule has 0 aromatic carbocycles. The topological polar surface area (TPSA) is 205 Å². The summed E-state index contributed by atoms with van der Waals surface area (Å²) in [5, 5.41) is 46.6. The number of aromatic nitrogens is 1. The quantitative estimate of drug-likeness (QED) is 0.124. The van der Waals surface area contributed by atoms with Crippen molar-refractivity contribution in [2.75, 3.05) is 52.4 Å². The standard InChI is InChI=1S/C19H27N5O10/c25-14-2-3-15(26)24(14)34-18(31)4-1-13(19(32)20-33)23-9-7-21(11-16(27)28)5-6-22(8-10-23)12-17(29)30/h1-3,25-26,33H,4-12H2,(H,20,32)(H,27,28)(H,29,30)/b13-1+. The zero-order valence-electron chi connectivity index (χ0n) is 18.2. The molecule has 1 aliphatic heterocycles. The zero-order chi connectivity index (χ0) is 25.3. The molecule has 0 bridgehead atoms. The number of nitrogens with one attached hydrogen (secondary N) is 1. The molecule has 0 atom stereocenters. The molecule has 34 heavy (non-hydrogen) atoms. The summed E-state index contributed by atoms with van der Waals surface area (Å²) in [7, 11) is 0. The van der Waals surface area contributed by atoms with Crippen molar-refractivity contribution in [3.05, 3.63) is 23.9 Å². The summed E-state index contributed by atoms with van der Waals surface area (Å²) in [4.78, 5) is 56.3. The second-order valence-corrected chi connectivity index (χ2v) is 7.37. The molecule has 0 aliphatic carbocycles. The molecule has 1 aliphatic rings. The molecular weight excluding hydrogens is 458 g/mol. The van der Waals surface area contributed by atoms with Crippen LogP contribution in [0.1, 0.15) is 6.42 Å². The molecule has 1 aromatic heterocycles. The fraction of sp³-hybridized carbons (Fsp3) is 0.474. The van der Waals surface area contributed by atoms with E-state index in [9.17, 15) is 34.6 Å². The molecule has 0 spiro atoms. The number of hydrogen-bond acceptors (Lipinski definition) is 11. The summed E-state index contributed by atoms with van der Waals surface area (Å²) in [6.07, 6.45) is 0.667. The van der Waals surface area contributed by atoms with Crippen LogP contribution < -0.4 is 10.3 Å². The van der Waals surface area contributed by atoms with Crippen LogP contribution in [0.5, 0.6) is 11.8 Å². The Bertz CT molecular complexity index is 883. The first-order chi connectivity index (χ1) is 16.1. The number of nitrogens with zero attached hydrogens (tertiary/aromatic N) is 4. The molecule has 6 N–H and O–H groups in total. The lowest BCUT2D eigenvalue weighted by atomic mass is 10.2. The molecule has 1 aromatic rings. The Morgan fingerprint density at radius 2 is 1.35 bits per heavy atom. The van der Waals surface area contributed by atoms with E-state index in [2.05, 4.69) is 0 Å².